The third kappa shape index (κ3) is 5.92. The van der Waals surface area contributed by atoms with Crippen LogP contribution in [0.1, 0.15) is 43.4 Å². The fourth-order valence-corrected chi connectivity index (χ4v) is 3.18. The minimum atomic E-state index is -4.15. The van der Waals surface area contributed by atoms with Gasteiger partial charge in [-0.2, -0.15) is 8.42 Å². The van der Waals surface area contributed by atoms with Crippen molar-refractivity contribution in [2.24, 2.45) is 5.16 Å². The van der Waals surface area contributed by atoms with Crippen LogP contribution in [0.3, 0.4) is 0 Å². The van der Waals surface area contributed by atoms with Gasteiger partial charge in [-0.1, -0.05) is 60.5 Å². The quantitative estimate of drug-likeness (QED) is 0.359. The summed E-state index contributed by atoms with van der Waals surface area (Å²) in [5.74, 6) is -0.753. The molecule has 0 saturated heterocycles. The molecule has 0 saturated carbocycles. The van der Waals surface area contributed by atoms with Crippen LogP contribution in [0.2, 0.25) is 0 Å². The van der Waals surface area contributed by atoms with Crippen molar-refractivity contribution in [1.82, 2.24) is 0 Å². The summed E-state index contributed by atoms with van der Waals surface area (Å²) in [4.78, 5) is 12.2. The minimum absolute atomic E-state index is 0.0244. The molecule has 150 valence electrons. The number of rotatable bonds is 9. The number of carbonyl (C=O) groups excluding carboxylic acids is 1. The summed E-state index contributed by atoms with van der Waals surface area (Å²) >= 11 is 0. The Morgan fingerprint density at radius 1 is 1.00 bits per heavy atom. The van der Waals surface area contributed by atoms with Crippen molar-refractivity contribution in [3.63, 3.8) is 0 Å². The molecule has 0 heterocycles. The smallest absolute Gasteiger partial charge is 0.361 e. The lowest BCUT2D eigenvalue weighted by Gasteiger charge is -2.07. The van der Waals surface area contributed by atoms with E-state index in [1.54, 1.807) is 43.3 Å². The highest BCUT2D eigenvalue weighted by atomic mass is 32.2. The predicted octanol–water partition coefficient (Wildman–Crippen LogP) is 4.01. The van der Waals surface area contributed by atoms with Crippen molar-refractivity contribution < 1.29 is 22.2 Å². The van der Waals surface area contributed by atoms with Crippen LogP contribution < -0.4 is 0 Å². The van der Waals surface area contributed by atoms with Gasteiger partial charge >= 0.3 is 16.1 Å². The molecule has 6 nitrogen and oxygen atoms in total. The maximum Gasteiger partial charge on any atom is 0.361 e. The average molecular weight is 404 g/mol. The molecule has 0 radical (unpaired) electrons. The highest BCUT2D eigenvalue weighted by Crippen LogP contribution is 2.16. The van der Waals surface area contributed by atoms with Crippen LogP contribution in [0, 0.1) is 6.92 Å². The molecule has 0 aromatic heterocycles. The first-order valence-electron chi connectivity index (χ1n) is 9.22. The van der Waals surface area contributed by atoms with Crippen LogP contribution in [0.25, 0.3) is 0 Å². The van der Waals surface area contributed by atoms with Gasteiger partial charge in [0.1, 0.15) is 4.90 Å². The van der Waals surface area contributed by atoms with Crippen molar-refractivity contribution in [2.75, 3.05) is 6.61 Å². The molecule has 0 unspecified atom stereocenters. The van der Waals surface area contributed by atoms with Gasteiger partial charge < -0.3 is 4.74 Å². The van der Waals surface area contributed by atoms with Crippen LogP contribution in [-0.4, -0.2) is 26.7 Å². The number of oxime groups is 1. The molecular formula is C21H25NO5S. The van der Waals surface area contributed by atoms with E-state index in [2.05, 4.69) is 12.1 Å². The first-order chi connectivity index (χ1) is 13.4. The van der Waals surface area contributed by atoms with E-state index >= 15 is 0 Å². The molecule has 0 N–H and O–H groups in total. The minimum Gasteiger partial charge on any atom is -0.461 e. The zero-order chi connectivity index (χ0) is 20.6. The van der Waals surface area contributed by atoms with Crippen molar-refractivity contribution in [1.29, 1.82) is 0 Å². The maximum absolute atomic E-state index is 12.4. The Hall–Kier alpha value is -2.67. The Morgan fingerprint density at radius 2 is 1.64 bits per heavy atom. The van der Waals surface area contributed by atoms with E-state index in [4.69, 9.17) is 9.02 Å². The highest BCUT2D eigenvalue weighted by molar-refractivity contribution is 7.86. The predicted molar refractivity (Wildman–Crippen MR) is 108 cm³/mol. The fraction of sp³-hybridized carbons (Fsp3) is 0.333. The van der Waals surface area contributed by atoms with E-state index in [0.717, 1.165) is 30.4 Å². The van der Waals surface area contributed by atoms with E-state index in [9.17, 15) is 13.2 Å². The van der Waals surface area contributed by atoms with Gasteiger partial charge in [0.15, 0.2) is 5.71 Å². The van der Waals surface area contributed by atoms with Crippen molar-refractivity contribution in [3.8, 4) is 0 Å². The molecule has 0 bridgehead atoms. The van der Waals surface area contributed by atoms with Crippen molar-refractivity contribution in [3.05, 3.63) is 65.2 Å². The lowest BCUT2D eigenvalue weighted by molar-refractivity contribution is -0.135. The molecule has 28 heavy (non-hydrogen) atoms. The molecule has 0 aliphatic heterocycles. The van der Waals surface area contributed by atoms with Crippen LogP contribution in [0.5, 0.6) is 0 Å². The molecule has 0 amide bonds. The Kier molecular flexibility index (Phi) is 7.75. The zero-order valence-corrected chi connectivity index (χ0v) is 17.2. The van der Waals surface area contributed by atoms with Gasteiger partial charge in [0, 0.05) is 5.56 Å². The van der Waals surface area contributed by atoms with Gasteiger partial charge in [0.25, 0.3) is 0 Å². The van der Waals surface area contributed by atoms with Crippen LogP contribution in [-0.2, 0) is 30.4 Å². The number of ether oxygens (including phenoxy) is 1. The Balaban J connectivity index is 2.26. The van der Waals surface area contributed by atoms with Gasteiger partial charge in [-0.3, -0.25) is 4.28 Å². The number of aryl methyl sites for hydroxylation is 2. The van der Waals surface area contributed by atoms with Gasteiger partial charge in [-0.25, -0.2) is 4.79 Å². The number of hydrogen-bond donors (Lipinski definition) is 0. The fourth-order valence-electron chi connectivity index (χ4n) is 2.45. The summed E-state index contributed by atoms with van der Waals surface area (Å²) in [6.45, 7) is 5.79. The maximum atomic E-state index is 12.4. The highest BCUT2D eigenvalue weighted by Gasteiger charge is 2.21. The third-order valence-corrected chi connectivity index (χ3v) is 5.17. The molecule has 2 aromatic rings. The molecule has 0 aliphatic rings. The van der Waals surface area contributed by atoms with Gasteiger partial charge in [0.05, 0.1) is 6.61 Å². The summed E-state index contributed by atoms with van der Waals surface area (Å²) in [6.07, 6.45) is 2.98. The monoisotopic (exact) mass is 403 g/mol. The zero-order valence-electron chi connectivity index (χ0n) is 16.3. The summed E-state index contributed by atoms with van der Waals surface area (Å²) in [7, 11) is -4.15. The molecular weight excluding hydrogens is 378 g/mol. The number of hydrogen-bond acceptors (Lipinski definition) is 6. The summed E-state index contributed by atoms with van der Waals surface area (Å²) in [5.41, 5.74) is 2.25. The Morgan fingerprint density at radius 3 is 2.21 bits per heavy atom. The summed E-state index contributed by atoms with van der Waals surface area (Å²) in [5, 5.41) is 3.62. The largest absolute Gasteiger partial charge is 0.461 e. The molecule has 0 fully saturated rings. The first kappa shape index (κ1) is 21.6. The normalized spacial score (nSPS) is 11.9. The Labute approximate surface area is 166 Å². The molecule has 2 aromatic carbocycles. The average Bonchev–Trinajstić information content (AvgIpc) is 2.68. The lowest BCUT2D eigenvalue weighted by Crippen LogP contribution is -2.20. The van der Waals surface area contributed by atoms with Gasteiger partial charge in [0.2, 0.25) is 0 Å². The molecule has 7 heteroatoms. The van der Waals surface area contributed by atoms with Crippen LogP contribution in [0.4, 0.5) is 0 Å². The second-order valence-electron chi connectivity index (χ2n) is 6.30. The Bertz CT molecular complexity index is 916. The summed E-state index contributed by atoms with van der Waals surface area (Å²) < 4.78 is 34.7. The summed E-state index contributed by atoms with van der Waals surface area (Å²) in [6, 6.07) is 13.3. The number of esters is 1. The van der Waals surface area contributed by atoms with Crippen molar-refractivity contribution in [2.45, 2.75) is 44.9 Å². The second-order valence-corrected chi connectivity index (χ2v) is 7.83. The van der Waals surface area contributed by atoms with E-state index in [-0.39, 0.29) is 17.2 Å². The lowest BCUT2D eigenvalue weighted by atomic mass is 10.1. The van der Waals surface area contributed by atoms with Crippen molar-refractivity contribution >= 4 is 21.8 Å². The third-order valence-electron chi connectivity index (χ3n) is 4.05. The van der Waals surface area contributed by atoms with E-state index < -0.39 is 16.1 Å². The first-order valence-corrected chi connectivity index (χ1v) is 10.6. The second kappa shape index (κ2) is 10.0. The number of nitrogens with zero attached hydrogens (tertiary/aromatic N) is 1. The standard InChI is InChI=1S/C21H25NO5S/c1-4-6-7-17-10-14-19(15-11-17)28(24,25)27-22-20(21(23)26-5-2)18-12-8-16(3)9-13-18/h8-15H,4-7H2,1-3H3/b22-20-. The molecule has 0 aliphatic carbocycles. The molecule has 0 atom stereocenters. The van der Waals surface area contributed by atoms with E-state index in [0.29, 0.717) is 5.56 Å². The molecule has 2 rings (SSSR count). The van der Waals surface area contributed by atoms with E-state index in [1.165, 1.54) is 12.1 Å². The number of benzene rings is 2. The number of unbranched alkanes of at least 4 members (excludes halogenated alkanes) is 1. The SMILES string of the molecule is CCCCc1ccc(S(=O)(=O)O/N=C(\C(=O)OCC)c2ccc(C)cc2)cc1. The van der Waals surface area contributed by atoms with Crippen LogP contribution >= 0.6 is 0 Å². The van der Waals surface area contributed by atoms with E-state index in [1.807, 2.05) is 6.92 Å². The number of carbonyl (C=O) groups is 1. The molecule has 0 spiro atoms. The van der Waals surface area contributed by atoms with Crippen LogP contribution in [0.15, 0.2) is 58.6 Å². The topological polar surface area (TPSA) is 82.0 Å². The van der Waals surface area contributed by atoms with Gasteiger partial charge in [-0.15, -0.1) is 0 Å². The van der Waals surface area contributed by atoms with Gasteiger partial charge in [-0.05, 0) is 44.4 Å².